The number of piperidine rings is 1. The number of ether oxygens (including phenoxy) is 2. The minimum Gasteiger partial charge on any atom is -0.444 e. The van der Waals surface area contributed by atoms with Crippen LogP contribution in [0.2, 0.25) is 0 Å². The highest BCUT2D eigenvalue weighted by atomic mass is 32.1. The third kappa shape index (κ3) is 8.10. The van der Waals surface area contributed by atoms with Crippen molar-refractivity contribution in [3.8, 4) is 6.07 Å². The second kappa shape index (κ2) is 11.1. The van der Waals surface area contributed by atoms with Crippen LogP contribution >= 0.6 is 11.3 Å². The van der Waals surface area contributed by atoms with Crippen molar-refractivity contribution in [2.45, 2.75) is 52.1 Å². The van der Waals surface area contributed by atoms with E-state index in [9.17, 15) is 9.59 Å². The number of methoxy groups -OCH3 is 1. The summed E-state index contributed by atoms with van der Waals surface area (Å²) in [6.45, 7) is 7.03. The Hall–Kier alpha value is -1.91. The molecule has 0 radical (unpaired) electrons. The van der Waals surface area contributed by atoms with Crippen LogP contribution in [0.25, 0.3) is 0 Å². The van der Waals surface area contributed by atoms with Crippen LogP contribution in [0, 0.1) is 17.2 Å². The summed E-state index contributed by atoms with van der Waals surface area (Å²) in [4.78, 5) is 26.9. The van der Waals surface area contributed by atoms with Crippen LogP contribution < -0.4 is 0 Å². The topological polar surface area (TPSA) is 79.6 Å². The molecule has 0 atom stereocenters. The first-order chi connectivity index (χ1) is 12.7. The zero-order chi connectivity index (χ0) is 20.4. The van der Waals surface area contributed by atoms with Gasteiger partial charge in [0.25, 0.3) is 0 Å². The van der Waals surface area contributed by atoms with E-state index in [2.05, 4.69) is 10.8 Å². The Morgan fingerprint density at radius 2 is 1.96 bits per heavy atom. The Morgan fingerprint density at radius 3 is 2.44 bits per heavy atom. The number of rotatable bonds is 4. The molecular formula is C20H30N2O4S. The van der Waals surface area contributed by atoms with Crippen LogP contribution in [-0.2, 0) is 22.3 Å². The number of likely N-dealkylation sites (tertiary alicyclic amines) is 1. The number of hydrogen-bond acceptors (Lipinski definition) is 6. The number of aldehydes is 1. The number of amides is 1. The Bertz CT molecular complexity index is 650. The molecule has 0 unspecified atom stereocenters. The highest BCUT2D eigenvalue weighted by Gasteiger charge is 2.27. The van der Waals surface area contributed by atoms with Crippen molar-refractivity contribution in [2.75, 3.05) is 27.3 Å². The van der Waals surface area contributed by atoms with Crippen LogP contribution in [0.5, 0.6) is 0 Å². The van der Waals surface area contributed by atoms with E-state index < -0.39 is 5.60 Å². The van der Waals surface area contributed by atoms with Gasteiger partial charge in [0.1, 0.15) is 5.60 Å². The highest BCUT2D eigenvalue weighted by molar-refractivity contribution is 7.12. The highest BCUT2D eigenvalue weighted by Crippen LogP contribution is 2.28. The molecule has 7 heteroatoms. The molecule has 1 saturated heterocycles. The summed E-state index contributed by atoms with van der Waals surface area (Å²) in [7, 11) is 3.25. The van der Waals surface area contributed by atoms with Gasteiger partial charge in [0.15, 0.2) is 6.29 Å². The normalized spacial score (nSPS) is 14.7. The lowest BCUT2D eigenvalue weighted by Crippen LogP contribution is -2.42. The van der Waals surface area contributed by atoms with E-state index in [1.165, 1.54) is 0 Å². The van der Waals surface area contributed by atoms with Gasteiger partial charge in [-0.2, -0.15) is 5.26 Å². The smallest absolute Gasteiger partial charge is 0.410 e. The fourth-order valence-electron chi connectivity index (χ4n) is 2.84. The van der Waals surface area contributed by atoms with E-state index >= 15 is 0 Å². The lowest BCUT2D eigenvalue weighted by atomic mass is 9.93. The van der Waals surface area contributed by atoms with Gasteiger partial charge in [0.05, 0.1) is 12.5 Å². The molecule has 1 fully saturated rings. The van der Waals surface area contributed by atoms with Gasteiger partial charge in [-0.15, -0.1) is 11.3 Å². The Labute approximate surface area is 166 Å². The molecule has 1 aromatic rings. The van der Waals surface area contributed by atoms with Crippen molar-refractivity contribution in [3.05, 3.63) is 21.4 Å². The number of hydrogen-bond donors (Lipinski definition) is 0. The molecule has 0 aromatic carbocycles. The lowest BCUT2D eigenvalue weighted by Gasteiger charge is -2.33. The van der Waals surface area contributed by atoms with E-state index in [4.69, 9.17) is 10.00 Å². The van der Waals surface area contributed by atoms with Gasteiger partial charge in [-0.1, -0.05) is 0 Å². The standard InChI is InChI=1S/C18H24N2O3S.C2H6O/c1-18(2,3)23-17(22)20-8-5-13(6-9-20)10-15-11-14(12-21)16(24-15)4-7-19;1-3-2/h11-13H,4-6,8-10H2,1-3H3;1-2H3. The molecule has 0 saturated carbocycles. The molecule has 1 aliphatic heterocycles. The quantitative estimate of drug-likeness (QED) is 0.719. The fraction of sp³-hybridized carbons (Fsp3) is 0.650. The molecule has 0 aliphatic carbocycles. The Kier molecular flexibility index (Phi) is 9.47. The summed E-state index contributed by atoms with van der Waals surface area (Å²) in [6, 6.07) is 4.01. The predicted molar refractivity (Wildman–Crippen MR) is 106 cm³/mol. The largest absolute Gasteiger partial charge is 0.444 e. The van der Waals surface area contributed by atoms with E-state index in [0.717, 1.165) is 35.3 Å². The molecule has 6 nitrogen and oxygen atoms in total. The second-order valence-electron chi connectivity index (χ2n) is 7.57. The fourth-order valence-corrected chi connectivity index (χ4v) is 4.02. The maximum absolute atomic E-state index is 12.1. The van der Waals surface area contributed by atoms with E-state index in [0.29, 0.717) is 24.6 Å². The van der Waals surface area contributed by atoms with Gasteiger partial charge in [-0.25, -0.2) is 4.79 Å². The SMILES string of the molecule is CC(C)(C)OC(=O)N1CCC(Cc2cc(C=O)c(CC#N)s2)CC1.COC. The molecule has 1 aromatic heterocycles. The first-order valence-corrected chi connectivity index (χ1v) is 9.87. The maximum atomic E-state index is 12.1. The molecule has 150 valence electrons. The van der Waals surface area contributed by atoms with E-state index in [-0.39, 0.29) is 12.5 Å². The van der Waals surface area contributed by atoms with Crippen molar-refractivity contribution >= 4 is 23.7 Å². The monoisotopic (exact) mass is 394 g/mol. The molecule has 0 bridgehead atoms. The average molecular weight is 395 g/mol. The summed E-state index contributed by atoms with van der Waals surface area (Å²) in [5.74, 6) is 0.497. The maximum Gasteiger partial charge on any atom is 0.410 e. The molecule has 1 amide bonds. The van der Waals surface area contributed by atoms with Crippen molar-refractivity contribution in [1.29, 1.82) is 5.26 Å². The summed E-state index contributed by atoms with van der Waals surface area (Å²) in [5.41, 5.74) is 0.176. The van der Waals surface area contributed by atoms with Crippen LogP contribution in [0.3, 0.4) is 0 Å². The van der Waals surface area contributed by atoms with Gasteiger partial charge in [-0.3, -0.25) is 4.79 Å². The third-order valence-electron chi connectivity index (χ3n) is 4.02. The molecular weight excluding hydrogens is 364 g/mol. The first kappa shape index (κ1) is 23.1. The first-order valence-electron chi connectivity index (χ1n) is 9.05. The number of nitriles is 1. The van der Waals surface area contributed by atoms with E-state index in [1.807, 2.05) is 26.8 Å². The number of carbonyl (C=O) groups is 2. The zero-order valence-corrected chi connectivity index (χ0v) is 17.7. The average Bonchev–Trinajstić information content (AvgIpc) is 2.96. The van der Waals surface area contributed by atoms with Gasteiger partial charge in [-0.05, 0) is 52.0 Å². The Morgan fingerprint density at radius 1 is 1.37 bits per heavy atom. The van der Waals surface area contributed by atoms with Crippen LogP contribution in [0.4, 0.5) is 4.79 Å². The van der Waals surface area contributed by atoms with Crippen LogP contribution in [0.15, 0.2) is 6.07 Å². The van der Waals surface area contributed by atoms with Crippen LogP contribution in [-0.4, -0.2) is 50.2 Å². The van der Waals surface area contributed by atoms with E-state index in [1.54, 1.807) is 30.5 Å². The van der Waals surface area contributed by atoms with Crippen molar-refractivity contribution in [3.63, 3.8) is 0 Å². The minimum absolute atomic E-state index is 0.239. The number of nitrogens with zero attached hydrogens (tertiary/aromatic N) is 2. The summed E-state index contributed by atoms with van der Waals surface area (Å²) in [5, 5.41) is 8.82. The summed E-state index contributed by atoms with van der Waals surface area (Å²) < 4.78 is 9.66. The van der Waals surface area contributed by atoms with Gasteiger partial charge in [0, 0.05) is 42.6 Å². The Balaban J connectivity index is 0.00000114. The van der Waals surface area contributed by atoms with Crippen molar-refractivity contribution in [2.24, 2.45) is 5.92 Å². The summed E-state index contributed by atoms with van der Waals surface area (Å²) in [6.07, 6.45) is 3.64. The molecule has 0 N–H and O–H groups in total. The predicted octanol–water partition coefficient (Wildman–Crippen LogP) is 4.08. The molecule has 0 spiro atoms. The second-order valence-corrected chi connectivity index (χ2v) is 8.79. The van der Waals surface area contributed by atoms with Gasteiger partial charge in [0.2, 0.25) is 0 Å². The lowest BCUT2D eigenvalue weighted by molar-refractivity contribution is 0.0184. The van der Waals surface area contributed by atoms with Crippen molar-refractivity contribution in [1.82, 2.24) is 4.90 Å². The van der Waals surface area contributed by atoms with Crippen LogP contribution in [0.1, 0.15) is 53.7 Å². The third-order valence-corrected chi connectivity index (χ3v) is 5.19. The minimum atomic E-state index is -0.465. The molecule has 2 rings (SSSR count). The number of thiophene rings is 1. The van der Waals surface area contributed by atoms with Crippen molar-refractivity contribution < 1.29 is 19.1 Å². The van der Waals surface area contributed by atoms with Gasteiger partial charge >= 0.3 is 6.09 Å². The van der Waals surface area contributed by atoms with Gasteiger partial charge < -0.3 is 14.4 Å². The number of carbonyl (C=O) groups excluding carboxylic acids is 2. The molecule has 2 heterocycles. The molecule has 1 aliphatic rings. The molecule has 27 heavy (non-hydrogen) atoms. The summed E-state index contributed by atoms with van der Waals surface area (Å²) >= 11 is 1.56. The zero-order valence-electron chi connectivity index (χ0n) is 16.9.